The second-order valence-corrected chi connectivity index (χ2v) is 1.73. The van der Waals surface area contributed by atoms with E-state index in [9.17, 15) is 0 Å². The Labute approximate surface area is 51.0 Å². The maximum absolute atomic E-state index is 4.71. The lowest BCUT2D eigenvalue weighted by molar-refractivity contribution is 0.975. The maximum Gasteiger partial charge on any atom is 0.00398 e. The lowest BCUT2D eigenvalue weighted by Crippen LogP contribution is -1.68. The molecule has 0 aromatic heterocycles. The lowest BCUT2D eigenvalue weighted by atomic mass is 10.3. The predicted octanol–water partition coefficient (Wildman–Crippen LogP) is 2.35. The molecule has 0 aromatic rings. The van der Waals surface area contributed by atoms with E-state index < -0.39 is 0 Å². The van der Waals surface area contributed by atoms with Crippen LogP contribution in [0.1, 0.15) is 12.8 Å². The highest BCUT2D eigenvalue weighted by molar-refractivity contribution is 7.80. The van der Waals surface area contributed by atoms with Crippen LogP contribution in [0.25, 0.3) is 0 Å². The normalized spacial score (nSPS) is 10.6. The quantitative estimate of drug-likeness (QED) is 0.494. The van der Waals surface area contributed by atoms with E-state index in [2.05, 4.69) is 6.92 Å². The van der Waals surface area contributed by atoms with Gasteiger partial charge in [0, 0.05) is 5.75 Å². The molecule has 0 N–H and O–H groups in total. The monoisotopic (exact) mass is 114 g/mol. The minimum absolute atomic E-state index is 0.865. The van der Waals surface area contributed by atoms with Crippen molar-refractivity contribution in [3.05, 3.63) is 19.1 Å². The van der Waals surface area contributed by atoms with E-state index >= 15 is 0 Å². The highest BCUT2D eigenvalue weighted by atomic mass is 32.1. The minimum atomic E-state index is 0.865. The first-order valence-electron chi connectivity index (χ1n) is 2.44. The highest BCUT2D eigenvalue weighted by Gasteiger charge is 1.74. The Morgan fingerprint density at radius 2 is 2.29 bits per heavy atom. The zero-order valence-electron chi connectivity index (χ0n) is 4.39. The van der Waals surface area contributed by atoms with Crippen LogP contribution in [0.2, 0.25) is 0 Å². The fourth-order valence-electron chi connectivity index (χ4n) is 0.319. The van der Waals surface area contributed by atoms with Crippen molar-refractivity contribution in [1.82, 2.24) is 0 Å². The summed E-state index contributed by atoms with van der Waals surface area (Å²) in [5, 5.41) is 0. The van der Waals surface area contributed by atoms with Crippen LogP contribution in [0.5, 0.6) is 0 Å². The fraction of sp³-hybridized carbons (Fsp3) is 0.500. The van der Waals surface area contributed by atoms with Crippen LogP contribution in [0.4, 0.5) is 0 Å². The van der Waals surface area contributed by atoms with Gasteiger partial charge in [0.15, 0.2) is 0 Å². The standard InChI is InChI=1S/C6H10S/c1-2-3-4-5-6-7/h2-3H,1,4-6H2. The molecule has 0 nitrogen and oxygen atoms in total. The number of unbranched alkanes of at least 4 members (excludes halogenated alkanes) is 1. The molecule has 7 heavy (non-hydrogen) atoms. The van der Waals surface area contributed by atoms with Gasteiger partial charge in [-0.05, 0) is 19.8 Å². The molecule has 0 aromatic carbocycles. The molecule has 0 unspecified atom stereocenters. The average molecular weight is 114 g/mol. The van der Waals surface area contributed by atoms with Crippen LogP contribution < -0.4 is 0 Å². The van der Waals surface area contributed by atoms with E-state index in [-0.39, 0.29) is 0 Å². The summed E-state index contributed by atoms with van der Waals surface area (Å²) in [4.78, 5) is 0. The van der Waals surface area contributed by atoms with Gasteiger partial charge in [-0.3, -0.25) is 0 Å². The number of hydrogen-bond acceptors (Lipinski definition) is 0. The van der Waals surface area contributed by atoms with Crippen LogP contribution in [0.3, 0.4) is 0 Å². The van der Waals surface area contributed by atoms with Crippen LogP contribution in [0.15, 0.2) is 12.2 Å². The van der Waals surface area contributed by atoms with Gasteiger partial charge in [0.1, 0.15) is 0 Å². The topological polar surface area (TPSA) is 0 Å². The number of allylic oxidation sites excluding steroid dienone is 2. The minimum Gasteiger partial charge on any atom is -0.0941 e. The molecular weight excluding hydrogens is 104 g/mol. The first kappa shape index (κ1) is 7.09. The van der Waals surface area contributed by atoms with E-state index in [0.29, 0.717) is 0 Å². The summed E-state index contributed by atoms with van der Waals surface area (Å²) in [6.07, 6.45) is 6.05. The molecule has 0 aliphatic carbocycles. The molecule has 0 spiro atoms. The fourth-order valence-corrected chi connectivity index (χ4v) is 0.486. The molecule has 0 atom stereocenters. The molecule has 0 fully saturated rings. The first-order valence-corrected chi connectivity index (χ1v) is 3.02. The Morgan fingerprint density at radius 3 is 2.71 bits per heavy atom. The Hall–Kier alpha value is 0.0900. The van der Waals surface area contributed by atoms with Crippen molar-refractivity contribution in [2.24, 2.45) is 0 Å². The van der Waals surface area contributed by atoms with Gasteiger partial charge < -0.3 is 0 Å². The van der Waals surface area contributed by atoms with Crippen LogP contribution >= 0.6 is 12.6 Å². The molecule has 0 saturated heterocycles. The van der Waals surface area contributed by atoms with E-state index in [0.717, 1.165) is 18.6 Å². The smallest absolute Gasteiger partial charge is 0.00398 e. The van der Waals surface area contributed by atoms with Crippen molar-refractivity contribution in [3.63, 3.8) is 0 Å². The molecule has 0 saturated carbocycles. The van der Waals surface area contributed by atoms with Gasteiger partial charge in [0.25, 0.3) is 0 Å². The second-order valence-electron chi connectivity index (χ2n) is 1.32. The molecule has 0 rings (SSSR count). The number of rotatable bonds is 3. The van der Waals surface area contributed by atoms with Gasteiger partial charge in [-0.2, -0.15) is 0 Å². The molecule has 0 amide bonds. The van der Waals surface area contributed by atoms with Gasteiger partial charge in [0.05, 0.1) is 0 Å². The van der Waals surface area contributed by atoms with Gasteiger partial charge >= 0.3 is 0 Å². The van der Waals surface area contributed by atoms with Crippen LogP contribution in [0, 0.1) is 6.92 Å². The highest BCUT2D eigenvalue weighted by Crippen LogP contribution is 1.91. The van der Waals surface area contributed by atoms with E-state index in [1.54, 1.807) is 0 Å². The summed E-state index contributed by atoms with van der Waals surface area (Å²) in [6.45, 7) is 3.54. The molecule has 0 aliphatic rings. The average Bonchev–Trinajstić information content (AvgIpc) is 1.69. The summed E-state index contributed by atoms with van der Waals surface area (Å²) in [6, 6.07) is 0. The lowest BCUT2D eigenvalue weighted by Gasteiger charge is -1.82. The van der Waals surface area contributed by atoms with Crippen molar-refractivity contribution < 1.29 is 0 Å². The molecule has 2 radical (unpaired) electrons. The van der Waals surface area contributed by atoms with Crippen molar-refractivity contribution in [2.45, 2.75) is 12.8 Å². The molecule has 1 heteroatoms. The van der Waals surface area contributed by atoms with E-state index in [4.69, 9.17) is 12.6 Å². The zero-order valence-corrected chi connectivity index (χ0v) is 5.21. The summed E-state index contributed by atoms with van der Waals surface area (Å²) in [7, 11) is 0. The van der Waals surface area contributed by atoms with Crippen molar-refractivity contribution in [2.75, 3.05) is 5.75 Å². The Bertz CT molecular complexity index is 48.1. The molecular formula is C6H10S. The third-order valence-corrected chi connectivity index (χ3v) is 0.970. The van der Waals surface area contributed by atoms with E-state index in [1.807, 2.05) is 12.2 Å². The summed E-state index contributed by atoms with van der Waals surface area (Å²) in [5.41, 5.74) is 0. The van der Waals surface area contributed by atoms with Crippen molar-refractivity contribution >= 4 is 12.6 Å². The van der Waals surface area contributed by atoms with Gasteiger partial charge in [-0.25, -0.2) is 0 Å². The summed E-state index contributed by atoms with van der Waals surface area (Å²) >= 11 is 4.71. The molecule has 0 bridgehead atoms. The first-order chi connectivity index (χ1) is 3.41. The largest absolute Gasteiger partial charge is 0.0941 e. The molecule has 0 heterocycles. The van der Waals surface area contributed by atoms with Crippen molar-refractivity contribution in [3.8, 4) is 0 Å². The molecule has 40 valence electrons. The van der Waals surface area contributed by atoms with Crippen LogP contribution in [-0.4, -0.2) is 5.75 Å². The zero-order chi connectivity index (χ0) is 5.54. The maximum atomic E-state index is 4.71. The third kappa shape index (κ3) is 6.09. The predicted molar refractivity (Wildman–Crippen MR) is 36.2 cm³/mol. The van der Waals surface area contributed by atoms with Crippen molar-refractivity contribution in [1.29, 1.82) is 0 Å². The third-order valence-electron chi connectivity index (χ3n) is 0.682. The Morgan fingerprint density at radius 1 is 1.57 bits per heavy atom. The Balaban J connectivity index is 2.69. The Kier molecular flexibility index (Phi) is 6.17. The van der Waals surface area contributed by atoms with Gasteiger partial charge in [-0.15, -0.1) is 0 Å². The van der Waals surface area contributed by atoms with Crippen LogP contribution in [-0.2, 0) is 0 Å². The van der Waals surface area contributed by atoms with Gasteiger partial charge in [-0.1, -0.05) is 24.8 Å². The van der Waals surface area contributed by atoms with Gasteiger partial charge in [0.2, 0.25) is 0 Å². The summed E-state index contributed by atoms with van der Waals surface area (Å²) in [5.74, 6) is 0.865. The van der Waals surface area contributed by atoms with E-state index in [1.165, 1.54) is 0 Å². The summed E-state index contributed by atoms with van der Waals surface area (Å²) < 4.78 is 0. The second kappa shape index (κ2) is 6.09. The SMILES string of the molecule is [CH2]C=CCCC[S]. The number of hydrogen-bond donors (Lipinski definition) is 0. The molecule has 0 aliphatic heterocycles.